The molecule has 1 aromatic rings. The molecule has 42 heavy (non-hydrogen) atoms. The fourth-order valence-electron chi connectivity index (χ4n) is 3.40. The average Bonchev–Trinajstić information content (AvgIpc) is 2.97. The van der Waals surface area contributed by atoms with Gasteiger partial charge in [-0.1, -0.05) is 65.0 Å². The summed E-state index contributed by atoms with van der Waals surface area (Å²) in [6, 6.07) is 5.37. The molecule has 230 valence electrons. The molecule has 9 heteroatoms. The van der Waals surface area contributed by atoms with Crippen molar-refractivity contribution >= 4 is 41.1 Å². The van der Waals surface area contributed by atoms with Crippen molar-refractivity contribution in [2.45, 2.75) is 61.3 Å². The Labute approximate surface area is 257 Å². The molecule has 8 nitrogen and oxygen atoms in total. The molecule has 0 atom stereocenters. The molecule has 0 aromatic heterocycles. The first kappa shape index (κ1) is 36.4. The number of likely N-dealkylation sites (N-methyl/N-ethyl adjacent to an activating group) is 1. The molecule has 1 heterocycles. The fraction of sp³-hybridized carbons (Fsp3) is 0.455. The monoisotopic (exact) mass is 597 g/mol. The van der Waals surface area contributed by atoms with Crippen LogP contribution in [-0.2, 0) is 9.53 Å². The van der Waals surface area contributed by atoms with Crippen molar-refractivity contribution in [3.05, 3.63) is 71.6 Å². The maximum absolute atomic E-state index is 12.4. The molecule has 0 unspecified atom stereocenters. The van der Waals surface area contributed by atoms with Crippen LogP contribution in [0.25, 0.3) is 0 Å². The van der Waals surface area contributed by atoms with Crippen molar-refractivity contribution in [2.24, 2.45) is 20.4 Å². The lowest BCUT2D eigenvalue weighted by molar-refractivity contribution is -0.139. The van der Waals surface area contributed by atoms with Crippen LogP contribution in [0, 0.1) is 5.41 Å². The second kappa shape index (κ2) is 19.5. The lowest BCUT2D eigenvalue weighted by Gasteiger charge is -2.28. The van der Waals surface area contributed by atoms with E-state index >= 15 is 0 Å². The molecule has 0 saturated heterocycles. The number of carbonyl (C=O) groups is 1. The van der Waals surface area contributed by atoms with Gasteiger partial charge in [-0.3, -0.25) is 9.79 Å². The van der Waals surface area contributed by atoms with Gasteiger partial charge in [0.15, 0.2) is 0 Å². The van der Waals surface area contributed by atoms with Gasteiger partial charge < -0.3 is 19.7 Å². The van der Waals surface area contributed by atoms with Crippen molar-refractivity contribution in [3.8, 4) is 5.75 Å². The number of hydrogen-bond acceptors (Lipinski definition) is 5. The number of dihydropyridines is 1. The van der Waals surface area contributed by atoms with E-state index in [2.05, 4.69) is 32.9 Å². The average molecular weight is 598 g/mol. The van der Waals surface area contributed by atoms with Crippen LogP contribution in [0.5, 0.6) is 5.75 Å². The zero-order valence-electron chi connectivity index (χ0n) is 26.5. The first-order valence-electron chi connectivity index (χ1n) is 14.4. The van der Waals surface area contributed by atoms with Crippen molar-refractivity contribution < 1.29 is 14.3 Å². The Kier molecular flexibility index (Phi) is 16.9. The molecular weight excluding hydrogens is 550 g/mol. The van der Waals surface area contributed by atoms with Gasteiger partial charge in [-0.25, -0.2) is 9.98 Å². The van der Waals surface area contributed by atoms with Crippen molar-refractivity contribution in [1.29, 1.82) is 0 Å². The van der Waals surface area contributed by atoms with E-state index < -0.39 is 0 Å². The SMILES string of the molecule is C=C(/C=C\C=C(/C)NC=NC(C)=Nc1ccc(OCC2=NCCC=C2)c(Cl)c1)OCCN(C)C(=O)C(C)(C)CC.CC. The Bertz CT molecular complexity index is 1210. The number of amides is 1. The van der Waals surface area contributed by atoms with E-state index in [1.54, 1.807) is 43.4 Å². The van der Waals surface area contributed by atoms with Crippen LogP contribution in [0.2, 0.25) is 5.02 Å². The van der Waals surface area contributed by atoms with E-state index in [1.807, 2.05) is 65.8 Å². The first-order valence-corrected chi connectivity index (χ1v) is 14.8. The number of rotatable bonds is 14. The van der Waals surface area contributed by atoms with Gasteiger partial charge in [-0.2, -0.15) is 0 Å². The highest BCUT2D eigenvalue weighted by Crippen LogP contribution is 2.29. The summed E-state index contributed by atoms with van der Waals surface area (Å²) in [5, 5.41) is 3.57. The number of allylic oxidation sites excluding steroid dienone is 4. The Hall–Kier alpha value is -3.65. The Morgan fingerprint density at radius 1 is 1.29 bits per heavy atom. The van der Waals surface area contributed by atoms with Gasteiger partial charge in [0, 0.05) is 24.7 Å². The number of halogens is 1. The van der Waals surface area contributed by atoms with Gasteiger partial charge in [0.25, 0.3) is 0 Å². The summed E-state index contributed by atoms with van der Waals surface area (Å²) in [4.78, 5) is 27.3. The van der Waals surface area contributed by atoms with Gasteiger partial charge >= 0.3 is 0 Å². The smallest absolute Gasteiger partial charge is 0.228 e. The predicted molar refractivity (Wildman–Crippen MR) is 178 cm³/mol. The number of hydrogen-bond donors (Lipinski definition) is 1. The van der Waals surface area contributed by atoms with Gasteiger partial charge in [0.05, 0.1) is 29.3 Å². The number of nitrogens with one attached hydrogen (secondary N) is 1. The molecule has 0 radical (unpaired) electrons. The van der Waals surface area contributed by atoms with Crippen LogP contribution >= 0.6 is 11.6 Å². The highest BCUT2D eigenvalue weighted by Gasteiger charge is 2.28. The van der Waals surface area contributed by atoms with Crippen LogP contribution in [0.15, 0.2) is 81.6 Å². The second-order valence-corrected chi connectivity index (χ2v) is 10.4. The maximum atomic E-state index is 12.4. The summed E-state index contributed by atoms with van der Waals surface area (Å²) >= 11 is 6.38. The van der Waals surface area contributed by atoms with Crippen LogP contribution in [0.4, 0.5) is 5.69 Å². The van der Waals surface area contributed by atoms with Crippen molar-refractivity contribution in [2.75, 3.05) is 33.4 Å². The van der Waals surface area contributed by atoms with Crippen molar-refractivity contribution in [3.63, 3.8) is 0 Å². The molecule has 0 saturated carbocycles. The van der Waals surface area contributed by atoms with Gasteiger partial charge in [-0.15, -0.1) is 0 Å². The normalized spacial score (nSPS) is 13.9. The highest BCUT2D eigenvalue weighted by molar-refractivity contribution is 6.32. The van der Waals surface area contributed by atoms with E-state index in [0.717, 1.165) is 30.8 Å². The summed E-state index contributed by atoms with van der Waals surface area (Å²) in [6.07, 6.45) is 12.9. The summed E-state index contributed by atoms with van der Waals surface area (Å²) in [7, 11) is 1.79. The van der Waals surface area contributed by atoms with E-state index in [9.17, 15) is 4.79 Å². The molecule has 1 N–H and O–H groups in total. The van der Waals surface area contributed by atoms with E-state index in [4.69, 9.17) is 21.1 Å². The summed E-state index contributed by atoms with van der Waals surface area (Å²) in [5.74, 6) is 1.78. The minimum absolute atomic E-state index is 0.108. The fourth-order valence-corrected chi connectivity index (χ4v) is 3.63. The predicted octanol–water partition coefficient (Wildman–Crippen LogP) is 7.70. The molecule has 1 aliphatic heterocycles. The van der Waals surface area contributed by atoms with Crippen LogP contribution in [-0.4, -0.2) is 62.0 Å². The lowest BCUT2D eigenvalue weighted by Crippen LogP contribution is -2.39. The van der Waals surface area contributed by atoms with E-state index in [1.165, 1.54) is 0 Å². The quantitative estimate of drug-likeness (QED) is 0.103. The molecular formula is C33H48ClN5O3. The molecule has 1 aromatic carbocycles. The molecule has 0 bridgehead atoms. The summed E-state index contributed by atoms with van der Waals surface area (Å²) in [6.45, 7) is 19.6. The molecule has 1 aliphatic rings. The van der Waals surface area contributed by atoms with Crippen molar-refractivity contribution in [1.82, 2.24) is 10.2 Å². The standard InChI is InChI=1S/C31H42ClN5O3.C2H6/c1-8-31(5,6)30(38)37(7)18-19-39-24(3)13-11-12-23(2)34-22-35-25(4)36-26-15-16-29(28(32)20-26)40-21-27-14-9-10-17-33-27;1-2/h9,11-16,20,22H,3,8,10,17-19,21H2,1-2,4-7H3,(H,34,35,36);1-2H3/b13-11-,23-12+;. The Balaban J connectivity index is 0.00000431. The molecule has 0 fully saturated rings. The number of nitrogens with zero attached hydrogens (tertiary/aromatic N) is 4. The Morgan fingerprint density at radius 3 is 2.67 bits per heavy atom. The number of ether oxygens (including phenoxy) is 2. The third-order valence-electron chi connectivity index (χ3n) is 6.20. The molecule has 0 spiro atoms. The van der Waals surface area contributed by atoms with Crippen LogP contribution < -0.4 is 10.1 Å². The third-order valence-corrected chi connectivity index (χ3v) is 6.49. The molecule has 2 rings (SSSR count). The molecule has 1 amide bonds. The topological polar surface area (TPSA) is 87.9 Å². The Morgan fingerprint density at radius 2 is 2.02 bits per heavy atom. The van der Waals surface area contributed by atoms with Crippen LogP contribution in [0.1, 0.15) is 61.3 Å². The first-order chi connectivity index (χ1) is 20.0. The largest absolute Gasteiger partial charge is 0.492 e. The van der Waals surface area contributed by atoms with Gasteiger partial charge in [0.1, 0.15) is 30.6 Å². The second-order valence-electron chi connectivity index (χ2n) is 10.0. The van der Waals surface area contributed by atoms with Gasteiger partial charge in [0.2, 0.25) is 5.91 Å². The summed E-state index contributed by atoms with van der Waals surface area (Å²) in [5.41, 5.74) is 2.09. The maximum Gasteiger partial charge on any atom is 0.228 e. The summed E-state index contributed by atoms with van der Waals surface area (Å²) < 4.78 is 11.4. The number of aliphatic imine (C=N–C) groups is 3. The minimum Gasteiger partial charge on any atom is -0.492 e. The van der Waals surface area contributed by atoms with Crippen LogP contribution in [0.3, 0.4) is 0 Å². The number of benzene rings is 1. The zero-order chi connectivity index (χ0) is 31.5. The molecule has 0 aliphatic carbocycles. The third kappa shape index (κ3) is 13.8. The highest BCUT2D eigenvalue weighted by atomic mass is 35.5. The lowest BCUT2D eigenvalue weighted by atomic mass is 9.89. The number of carbonyl (C=O) groups excluding carboxylic acids is 1. The number of amidine groups is 1. The van der Waals surface area contributed by atoms with Gasteiger partial charge in [-0.05, 0) is 63.1 Å². The van der Waals surface area contributed by atoms with E-state index in [-0.39, 0.29) is 11.3 Å². The zero-order valence-corrected chi connectivity index (χ0v) is 27.3. The van der Waals surface area contributed by atoms with E-state index in [0.29, 0.717) is 47.8 Å². The minimum atomic E-state index is -0.369.